The van der Waals surface area contributed by atoms with Gasteiger partial charge in [0, 0.05) is 44.7 Å². The van der Waals surface area contributed by atoms with E-state index in [1.165, 1.54) is 0 Å². The fourth-order valence-corrected chi connectivity index (χ4v) is 4.37. The Balaban J connectivity index is 1.40. The number of imide groups is 1. The van der Waals surface area contributed by atoms with Crippen LogP contribution in [0.4, 0.5) is 0 Å². The second kappa shape index (κ2) is 7.85. The minimum atomic E-state index is -0.586. The Kier molecular flexibility index (Phi) is 5.42. The molecule has 8 heteroatoms. The zero-order valence-electron chi connectivity index (χ0n) is 16.9. The van der Waals surface area contributed by atoms with Crippen LogP contribution in [0.3, 0.4) is 0 Å². The Morgan fingerprint density at radius 1 is 1.28 bits per heavy atom. The Morgan fingerprint density at radius 2 is 2.10 bits per heavy atom. The largest absolute Gasteiger partial charge is 0.368 e. The summed E-state index contributed by atoms with van der Waals surface area (Å²) in [5.74, 6) is -0.799. The molecule has 0 radical (unpaired) electrons. The normalized spacial score (nSPS) is 26.4. The van der Waals surface area contributed by atoms with Crippen molar-refractivity contribution in [1.29, 1.82) is 0 Å². The van der Waals surface area contributed by atoms with Gasteiger partial charge in [-0.15, -0.1) is 0 Å². The fourth-order valence-electron chi connectivity index (χ4n) is 4.37. The Bertz CT molecular complexity index is 838. The van der Waals surface area contributed by atoms with Crippen LogP contribution in [-0.2, 0) is 27.4 Å². The first kappa shape index (κ1) is 20.0. The molecule has 3 N–H and O–H groups in total. The number of amides is 3. The van der Waals surface area contributed by atoms with Crippen molar-refractivity contribution in [3.8, 4) is 0 Å². The number of fused-ring (bicyclic) bond motifs is 1. The van der Waals surface area contributed by atoms with Crippen LogP contribution in [-0.4, -0.2) is 60.0 Å². The van der Waals surface area contributed by atoms with Gasteiger partial charge < -0.3 is 20.3 Å². The molecule has 2 atom stereocenters. The molecular formula is C21H28N4O4. The zero-order chi connectivity index (χ0) is 20.6. The maximum absolute atomic E-state index is 12.9. The van der Waals surface area contributed by atoms with Crippen LogP contribution in [0.2, 0.25) is 0 Å². The highest BCUT2D eigenvalue weighted by molar-refractivity contribution is 6.05. The van der Waals surface area contributed by atoms with E-state index >= 15 is 0 Å². The molecule has 3 heterocycles. The number of morpholine rings is 1. The SMILES string of the molecule is CC1(C)CNC[C@@H](CNCc2cccc3c2CN(C2CCC(=O)NC2=O)C3=O)O1. The van der Waals surface area contributed by atoms with Gasteiger partial charge in [-0.1, -0.05) is 12.1 Å². The van der Waals surface area contributed by atoms with Gasteiger partial charge in [-0.05, 0) is 37.5 Å². The van der Waals surface area contributed by atoms with Crippen molar-refractivity contribution in [2.24, 2.45) is 0 Å². The summed E-state index contributed by atoms with van der Waals surface area (Å²) in [5.41, 5.74) is 2.48. The summed E-state index contributed by atoms with van der Waals surface area (Å²) < 4.78 is 6.08. The predicted octanol–water partition coefficient (Wildman–Crippen LogP) is 0.304. The molecule has 8 nitrogen and oxygen atoms in total. The van der Waals surface area contributed by atoms with Crippen molar-refractivity contribution >= 4 is 17.7 Å². The van der Waals surface area contributed by atoms with Gasteiger partial charge in [0.15, 0.2) is 0 Å². The summed E-state index contributed by atoms with van der Waals surface area (Å²) in [6.07, 6.45) is 0.730. The van der Waals surface area contributed by atoms with Crippen LogP contribution < -0.4 is 16.0 Å². The highest BCUT2D eigenvalue weighted by Crippen LogP contribution is 2.29. The summed E-state index contributed by atoms with van der Waals surface area (Å²) in [6.45, 7) is 7.54. The van der Waals surface area contributed by atoms with E-state index in [0.29, 0.717) is 31.6 Å². The third-order valence-corrected chi connectivity index (χ3v) is 5.77. The number of nitrogens with one attached hydrogen (secondary N) is 3. The van der Waals surface area contributed by atoms with E-state index in [1.54, 1.807) is 4.90 Å². The molecule has 3 aliphatic rings. The van der Waals surface area contributed by atoms with E-state index in [0.717, 1.165) is 24.2 Å². The summed E-state index contributed by atoms with van der Waals surface area (Å²) in [7, 11) is 0. The van der Waals surface area contributed by atoms with Gasteiger partial charge in [0.25, 0.3) is 5.91 Å². The molecule has 0 saturated carbocycles. The lowest BCUT2D eigenvalue weighted by molar-refractivity contribution is -0.136. The monoisotopic (exact) mass is 400 g/mol. The van der Waals surface area contributed by atoms with E-state index in [9.17, 15) is 14.4 Å². The number of ether oxygens (including phenoxy) is 1. The molecule has 156 valence electrons. The lowest BCUT2D eigenvalue weighted by atomic mass is 10.0. The van der Waals surface area contributed by atoms with Crippen LogP contribution in [0, 0.1) is 0 Å². The topological polar surface area (TPSA) is 99.8 Å². The quantitative estimate of drug-likeness (QED) is 0.615. The van der Waals surface area contributed by atoms with Crippen molar-refractivity contribution in [1.82, 2.24) is 20.9 Å². The Hall–Kier alpha value is -2.29. The van der Waals surface area contributed by atoms with E-state index in [2.05, 4.69) is 29.8 Å². The van der Waals surface area contributed by atoms with Crippen LogP contribution in [0.25, 0.3) is 0 Å². The molecule has 2 fully saturated rings. The number of nitrogens with zero attached hydrogens (tertiary/aromatic N) is 1. The van der Waals surface area contributed by atoms with Gasteiger partial charge in [-0.2, -0.15) is 0 Å². The minimum Gasteiger partial charge on any atom is -0.368 e. The van der Waals surface area contributed by atoms with Crippen molar-refractivity contribution in [2.45, 2.75) is 57.5 Å². The molecule has 0 aromatic heterocycles. The van der Waals surface area contributed by atoms with Crippen LogP contribution in [0.5, 0.6) is 0 Å². The molecule has 4 rings (SSSR count). The van der Waals surface area contributed by atoms with Crippen molar-refractivity contribution < 1.29 is 19.1 Å². The van der Waals surface area contributed by atoms with E-state index in [4.69, 9.17) is 4.74 Å². The lowest BCUT2D eigenvalue weighted by Crippen LogP contribution is -2.53. The molecule has 3 amide bonds. The zero-order valence-corrected chi connectivity index (χ0v) is 16.9. The number of carbonyl (C=O) groups is 3. The molecule has 1 unspecified atom stereocenters. The summed E-state index contributed by atoms with van der Waals surface area (Å²) in [5, 5.41) is 9.18. The van der Waals surface area contributed by atoms with E-state index in [1.807, 2.05) is 18.2 Å². The first-order valence-electron chi connectivity index (χ1n) is 10.2. The molecule has 2 saturated heterocycles. The van der Waals surface area contributed by atoms with Crippen LogP contribution >= 0.6 is 0 Å². The van der Waals surface area contributed by atoms with Crippen LogP contribution in [0.15, 0.2) is 18.2 Å². The molecule has 3 aliphatic heterocycles. The van der Waals surface area contributed by atoms with Gasteiger partial charge in [0.05, 0.1) is 11.7 Å². The van der Waals surface area contributed by atoms with E-state index < -0.39 is 6.04 Å². The third kappa shape index (κ3) is 4.19. The van der Waals surface area contributed by atoms with Crippen molar-refractivity contribution in [2.75, 3.05) is 19.6 Å². The van der Waals surface area contributed by atoms with Crippen molar-refractivity contribution in [3.05, 3.63) is 34.9 Å². The smallest absolute Gasteiger partial charge is 0.255 e. The number of rotatable bonds is 5. The highest BCUT2D eigenvalue weighted by Gasteiger charge is 2.39. The molecule has 29 heavy (non-hydrogen) atoms. The molecule has 0 aliphatic carbocycles. The van der Waals surface area contributed by atoms with Crippen molar-refractivity contribution in [3.63, 3.8) is 0 Å². The molecule has 0 spiro atoms. The van der Waals surface area contributed by atoms with Gasteiger partial charge in [0.1, 0.15) is 6.04 Å². The van der Waals surface area contributed by atoms with E-state index in [-0.39, 0.29) is 35.8 Å². The molecular weight excluding hydrogens is 372 g/mol. The number of hydrogen-bond donors (Lipinski definition) is 3. The number of piperidine rings is 1. The second-order valence-electron chi connectivity index (χ2n) is 8.60. The Labute approximate surface area is 170 Å². The lowest BCUT2D eigenvalue weighted by Gasteiger charge is -2.36. The maximum atomic E-state index is 12.9. The average molecular weight is 400 g/mol. The second-order valence-corrected chi connectivity index (χ2v) is 8.60. The highest BCUT2D eigenvalue weighted by atomic mass is 16.5. The van der Waals surface area contributed by atoms with Crippen LogP contribution in [0.1, 0.15) is 48.2 Å². The first-order chi connectivity index (χ1) is 13.8. The Morgan fingerprint density at radius 3 is 2.86 bits per heavy atom. The minimum absolute atomic E-state index is 0.0945. The number of benzene rings is 1. The van der Waals surface area contributed by atoms with Gasteiger partial charge in [-0.25, -0.2) is 0 Å². The van der Waals surface area contributed by atoms with Gasteiger partial charge in [0.2, 0.25) is 11.8 Å². The predicted molar refractivity (Wildman–Crippen MR) is 106 cm³/mol. The maximum Gasteiger partial charge on any atom is 0.255 e. The third-order valence-electron chi connectivity index (χ3n) is 5.77. The molecule has 0 bridgehead atoms. The summed E-state index contributed by atoms with van der Waals surface area (Å²) >= 11 is 0. The standard InChI is InChI=1S/C21H28N4O4/c1-21(2)12-23-10-14(29-21)9-22-8-13-4-3-5-15-16(13)11-25(20(15)28)17-6-7-18(26)24-19(17)27/h3-5,14,17,22-23H,6-12H2,1-2H3,(H,24,26,27)/t14-,17?/m1/s1. The molecule has 1 aromatic rings. The fraction of sp³-hybridized carbons (Fsp3) is 0.571. The number of carbonyl (C=O) groups excluding carboxylic acids is 3. The summed E-state index contributed by atoms with van der Waals surface area (Å²) in [4.78, 5) is 38.1. The summed E-state index contributed by atoms with van der Waals surface area (Å²) in [6, 6.07) is 5.11. The number of hydrogen-bond acceptors (Lipinski definition) is 6. The average Bonchev–Trinajstić information content (AvgIpc) is 2.99. The first-order valence-corrected chi connectivity index (χ1v) is 10.2. The van der Waals surface area contributed by atoms with Gasteiger partial charge >= 0.3 is 0 Å². The molecule has 1 aromatic carbocycles. The van der Waals surface area contributed by atoms with Gasteiger partial charge in [-0.3, -0.25) is 19.7 Å².